The Bertz CT molecular complexity index is 755. The Labute approximate surface area is 164 Å². The highest BCUT2D eigenvalue weighted by Gasteiger charge is 2.17. The molecule has 144 valence electrons. The van der Waals surface area contributed by atoms with Gasteiger partial charge < -0.3 is 15.5 Å². The number of nitrogens with one attached hydrogen (secondary N) is 2. The van der Waals surface area contributed by atoms with Crippen molar-refractivity contribution in [3.05, 3.63) is 52.2 Å². The van der Waals surface area contributed by atoms with E-state index in [2.05, 4.69) is 10.6 Å². The number of thiophene rings is 1. The van der Waals surface area contributed by atoms with Crippen LogP contribution in [0.2, 0.25) is 0 Å². The van der Waals surface area contributed by atoms with Crippen molar-refractivity contribution in [3.8, 4) is 0 Å². The minimum atomic E-state index is -0.00274. The van der Waals surface area contributed by atoms with E-state index in [-0.39, 0.29) is 11.8 Å². The van der Waals surface area contributed by atoms with Gasteiger partial charge in [-0.25, -0.2) is 0 Å². The fourth-order valence-corrected chi connectivity index (χ4v) is 4.13. The molecule has 2 aromatic rings. The summed E-state index contributed by atoms with van der Waals surface area (Å²) in [5, 5.41) is 8.29. The van der Waals surface area contributed by atoms with E-state index in [1.54, 1.807) is 11.9 Å². The first-order chi connectivity index (χ1) is 13.1. The van der Waals surface area contributed by atoms with Gasteiger partial charge in [-0.3, -0.25) is 9.59 Å². The average Bonchev–Trinajstić information content (AvgIpc) is 3.23. The van der Waals surface area contributed by atoms with Crippen LogP contribution in [0.3, 0.4) is 0 Å². The number of hydrogen-bond donors (Lipinski definition) is 2. The molecule has 1 aromatic carbocycles. The van der Waals surface area contributed by atoms with Crippen molar-refractivity contribution >= 4 is 28.8 Å². The maximum atomic E-state index is 12.5. The van der Waals surface area contributed by atoms with E-state index >= 15 is 0 Å². The van der Waals surface area contributed by atoms with Gasteiger partial charge in [-0.05, 0) is 61.3 Å². The summed E-state index contributed by atoms with van der Waals surface area (Å²) in [7, 11) is 1.79. The summed E-state index contributed by atoms with van der Waals surface area (Å²) in [5.41, 5.74) is 1.73. The smallest absolute Gasteiger partial charge is 0.263 e. The molecule has 1 fully saturated rings. The van der Waals surface area contributed by atoms with Gasteiger partial charge in [0.1, 0.15) is 0 Å². The number of rotatable bonds is 7. The highest BCUT2D eigenvalue weighted by Crippen LogP contribution is 2.21. The lowest BCUT2D eigenvalue weighted by atomic mass is 9.93. The molecule has 0 unspecified atom stereocenters. The normalized spacial score (nSPS) is 14.7. The molecule has 0 bridgehead atoms. The molecule has 0 radical (unpaired) electrons. The van der Waals surface area contributed by atoms with Crippen LogP contribution < -0.4 is 10.6 Å². The molecule has 5 nitrogen and oxygen atoms in total. The third-order valence-corrected chi connectivity index (χ3v) is 5.87. The second-order valence-corrected chi connectivity index (χ2v) is 8.02. The standard InChI is InChI=1S/C21H27N3O2S/c1-24(21(26)19-7-4-14-27-19)15-17-5-2-3-6-18(17)23-20(25)9-8-16-10-12-22-13-11-16/h2-7,14,16,22H,8-13,15H2,1H3,(H,23,25). The third kappa shape index (κ3) is 5.65. The van der Waals surface area contributed by atoms with Crippen LogP contribution in [0.25, 0.3) is 0 Å². The minimum Gasteiger partial charge on any atom is -0.337 e. The number of amides is 2. The Morgan fingerprint density at radius 2 is 1.96 bits per heavy atom. The number of carbonyl (C=O) groups excluding carboxylic acids is 2. The second kappa shape index (κ2) is 9.67. The second-order valence-electron chi connectivity index (χ2n) is 7.08. The predicted octanol–water partition coefficient (Wildman–Crippen LogP) is 3.74. The molecule has 27 heavy (non-hydrogen) atoms. The molecule has 2 heterocycles. The van der Waals surface area contributed by atoms with Crippen molar-refractivity contribution in [2.24, 2.45) is 5.92 Å². The first kappa shape index (κ1) is 19.6. The molecule has 3 rings (SSSR count). The van der Waals surface area contributed by atoms with Gasteiger partial charge in [-0.2, -0.15) is 0 Å². The Balaban J connectivity index is 1.56. The molecule has 0 aliphatic carbocycles. The number of nitrogens with zero attached hydrogens (tertiary/aromatic N) is 1. The largest absolute Gasteiger partial charge is 0.337 e. The summed E-state index contributed by atoms with van der Waals surface area (Å²) in [6.45, 7) is 2.57. The number of carbonyl (C=O) groups is 2. The summed E-state index contributed by atoms with van der Waals surface area (Å²) in [5.74, 6) is 0.687. The molecule has 1 aliphatic rings. The van der Waals surface area contributed by atoms with E-state index in [1.807, 2.05) is 41.8 Å². The zero-order chi connectivity index (χ0) is 19.1. The Hall–Kier alpha value is -2.18. The third-order valence-electron chi connectivity index (χ3n) is 5.02. The van der Waals surface area contributed by atoms with E-state index in [0.29, 0.717) is 18.9 Å². The van der Waals surface area contributed by atoms with Crippen LogP contribution in [0.4, 0.5) is 5.69 Å². The Morgan fingerprint density at radius 1 is 1.19 bits per heavy atom. The quantitative estimate of drug-likeness (QED) is 0.763. The summed E-state index contributed by atoms with van der Waals surface area (Å²) >= 11 is 1.44. The maximum absolute atomic E-state index is 12.5. The van der Waals surface area contributed by atoms with Crippen LogP contribution in [0, 0.1) is 5.92 Å². The molecule has 1 aliphatic heterocycles. The van der Waals surface area contributed by atoms with Crippen LogP contribution in [-0.4, -0.2) is 36.9 Å². The van der Waals surface area contributed by atoms with Crippen molar-refractivity contribution in [2.45, 2.75) is 32.2 Å². The number of hydrogen-bond acceptors (Lipinski definition) is 4. The molecule has 6 heteroatoms. The van der Waals surface area contributed by atoms with Gasteiger partial charge in [0.15, 0.2) is 0 Å². The van der Waals surface area contributed by atoms with Crippen molar-refractivity contribution in [2.75, 3.05) is 25.5 Å². The lowest BCUT2D eigenvalue weighted by Gasteiger charge is -2.22. The summed E-state index contributed by atoms with van der Waals surface area (Å²) in [6.07, 6.45) is 3.79. The predicted molar refractivity (Wildman–Crippen MR) is 110 cm³/mol. The summed E-state index contributed by atoms with van der Waals surface area (Å²) in [4.78, 5) is 27.3. The highest BCUT2D eigenvalue weighted by atomic mass is 32.1. The van der Waals surface area contributed by atoms with Gasteiger partial charge in [0, 0.05) is 25.7 Å². The van der Waals surface area contributed by atoms with Crippen LogP contribution >= 0.6 is 11.3 Å². The zero-order valence-corrected chi connectivity index (χ0v) is 16.6. The van der Waals surface area contributed by atoms with Crippen molar-refractivity contribution in [1.29, 1.82) is 0 Å². The number of anilines is 1. The number of para-hydroxylation sites is 1. The van der Waals surface area contributed by atoms with Crippen molar-refractivity contribution in [3.63, 3.8) is 0 Å². The van der Waals surface area contributed by atoms with Gasteiger partial charge in [0.25, 0.3) is 5.91 Å². The SMILES string of the molecule is CN(Cc1ccccc1NC(=O)CCC1CCNCC1)C(=O)c1cccs1. The summed E-state index contributed by atoms with van der Waals surface area (Å²) < 4.78 is 0. The first-order valence-electron chi connectivity index (χ1n) is 9.51. The first-order valence-corrected chi connectivity index (χ1v) is 10.4. The van der Waals surface area contributed by atoms with Crippen LogP contribution in [0.5, 0.6) is 0 Å². The fourth-order valence-electron chi connectivity index (χ4n) is 3.41. The Kier molecular flexibility index (Phi) is 7.01. The lowest BCUT2D eigenvalue weighted by molar-refractivity contribution is -0.116. The van der Waals surface area contributed by atoms with E-state index in [9.17, 15) is 9.59 Å². The molecule has 1 aromatic heterocycles. The monoisotopic (exact) mass is 385 g/mol. The molecule has 0 atom stereocenters. The highest BCUT2D eigenvalue weighted by molar-refractivity contribution is 7.12. The minimum absolute atomic E-state index is 0.00274. The number of piperidine rings is 1. The zero-order valence-electron chi connectivity index (χ0n) is 15.7. The van der Waals surface area contributed by atoms with Gasteiger partial charge in [0.05, 0.1) is 4.88 Å². The van der Waals surface area contributed by atoms with E-state index in [4.69, 9.17) is 0 Å². The van der Waals surface area contributed by atoms with Crippen LogP contribution in [0.1, 0.15) is 40.9 Å². The number of benzene rings is 1. The van der Waals surface area contributed by atoms with Crippen LogP contribution in [-0.2, 0) is 11.3 Å². The van der Waals surface area contributed by atoms with Crippen molar-refractivity contribution < 1.29 is 9.59 Å². The van der Waals surface area contributed by atoms with Crippen LogP contribution in [0.15, 0.2) is 41.8 Å². The van der Waals surface area contributed by atoms with E-state index in [0.717, 1.165) is 48.5 Å². The van der Waals surface area contributed by atoms with Crippen molar-refractivity contribution in [1.82, 2.24) is 10.2 Å². The average molecular weight is 386 g/mol. The topological polar surface area (TPSA) is 61.4 Å². The molecule has 1 saturated heterocycles. The Morgan fingerprint density at radius 3 is 2.70 bits per heavy atom. The van der Waals surface area contributed by atoms with E-state index < -0.39 is 0 Å². The summed E-state index contributed by atoms with van der Waals surface area (Å²) in [6, 6.07) is 11.4. The van der Waals surface area contributed by atoms with Gasteiger partial charge in [0.2, 0.25) is 5.91 Å². The lowest BCUT2D eigenvalue weighted by Crippen LogP contribution is -2.28. The molecule has 0 spiro atoms. The van der Waals surface area contributed by atoms with E-state index in [1.165, 1.54) is 11.3 Å². The molecular weight excluding hydrogens is 358 g/mol. The molecule has 0 saturated carbocycles. The van der Waals surface area contributed by atoms with Gasteiger partial charge >= 0.3 is 0 Å². The van der Waals surface area contributed by atoms with Gasteiger partial charge in [-0.1, -0.05) is 24.3 Å². The molecule has 2 N–H and O–H groups in total. The molecule has 2 amide bonds. The molecular formula is C21H27N3O2S. The fraction of sp³-hybridized carbons (Fsp3) is 0.429. The van der Waals surface area contributed by atoms with Gasteiger partial charge in [-0.15, -0.1) is 11.3 Å². The maximum Gasteiger partial charge on any atom is 0.263 e.